The zero-order valence-electron chi connectivity index (χ0n) is 13.1. The van der Waals surface area contributed by atoms with Gasteiger partial charge in [-0.25, -0.2) is 14.5 Å². The first-order chi connectivity index (χ1) is 12.1. The Morgan fingerprint density at radius 3 is 3.00 bits per heavy atom. The summed E-state index contributed by atoms with van der Waals surface area (Å²) < 4.78 is 7.89. The summed E-state index contributed by atoms with van der Waals surface area (Å²) in [7, 11) is 0. The maximum absolute atomic E-state index is 12.3. The van der Waals surface area contributed by atoms with E-state index in [2.05, 4.69) is 42.0 Å². The zero-order valence-corrected chi connectivity index (χ0v) is 14.7. The number of benzene rings is 1. The zero-order chi connectivity index (χ0) is 17.4. The average molecular weight is 407 g/mol. The second kappa shape index (κ2) is 6.03. The highest BCUT2D eigenvalue weighted by Crippen LogP contribution is 2.42. The van der Waals surface area contributed by atoms with E-state index in [9.17, 15) is 9.59 Å². The number of urea groups is 1. The van der Waals surface area contributed by atoms with Gasteiger partial charge in [0.15, 0.2) is 6.61 Å². The molecule has 9 nitrogen and oxygen atoms in total. The summed E-state index contributed by atoms with van der Waals surface area (Å²) in [6.45, 7) is 0.400. The van der Waals surface area contributed by atoms with E-state index in [4.69, 9.17) is 4.74 Å². The predicted octanol–water partition coefficient (Wildman–Crippen LogP) is 1.68. The van der Waals surface area contributed by atoms with E-state index >= 15 is 0 Å². The van der Waals surface area contributed by atoms with Crippen molar-refractivity contribution in [2.75, 3.05) is 23.8 Å². The van der Waals surface area contributed by atoms with Crippen LogP contribution < -0.4 is 20.7 Å². The molecule has 3 N–H and O–H groups in total. The fraction of sp³-hybridized carbons (Fsp3) is 0.333. The van der Waals surface area contributed by atoms with E-state index in [1.807, 2.05) is 0 Å². The van der Waals surface area contributed by atoms with E-state index in [0.29, 0.717) is 23.7 Å². The Bertz CT molecular complexity index is 834. The number of carbonyl (C=O) groups excluding carboxylic acids is 2. The second-order valence-electron chi connectivity index (χ2n) is 6.04. The Hall–Kier alpha value is -2.62. The lowest BCUT2D eigenvalue weighted by atomic mass is 10.2. The Morgan fingerprint density at radius 1 is 1.44 bits per heavy atom. The molecule has 1 aromatic heterocycles. The van der Waals surface area contributed by atoms with Gasteiger partial charge in [0, 0.05) is 11.0 Å². The first-order valence-corrected chi connectivity index (χ1v) is 8.51. The summed E-state index contributed by atoms with van der Waals surface area (Å²) in [5, 5.41) is 12.5. The third-order valence-electron chi connectivity index (χ3n) is 4.25. The van der Waals surface area contributed by atoms with Gasteiger partial charge in [-0.15, -0.1) is 0 Å². The predicted molar refractivity (Wildman–Crippen MR) is 92.5 cm³/mol. The quantitative estimate of drug-likeness (QED) is 0.715. The van der Waals surface area contributed by atoms with Gasteiger partial charge in [-0.1, -0.05) is 15.9 Å². The van der Waals surface area contributed by atoms with Gasteiger partial charge < -0.3 is 20.7 Å². The lowest BCUT2D eigenvalue weighted by molar-refractivity contribution is -0.118. The van der Waals surface area contributed by atoms with Crippen LogP contribution >= 0.6 is 15.9 Å². The van der Waals surface area contributed by atoms with E-state index in [-0.39, 0.29) is 24.1 Å². The highest BCUT2D eigenvalue weighted by molar-refractivity contribution is 9.10. The van der Waals surface area contributed by atoms with Crippen molar-refractivity contribution in [1.29, 1.82) is 0 Å². The molecule has 0 unspecified atom stereocenters. The van der Waals surface area contributed by atoms with Crippen LogP contribution in [0.2, 0.25) is 0 Å². The smallest absolute Gasteiger partial charge is 0.319 e. The summed E-state index contributed by atoms with van der Waals surface area (Å²) in [6, 6.07) is 3.07. The molecule has 3 amide bonds. The Labute approximate surface area is 151 Å². The van der Waals surface area contributed by atoms with Gasteiger partial charge in [-0.2, -0.15) is 5.10 Å². The molecule has 1 aliphatic heterocycles. The largest absolute Gasteiger partial charge is 0.481 e. The Morgan fingerprint density at radius 2 is 2.28 bits per heavy atom. The number of rotatable bonds is 4. The van der Waals surface area contributed by atoms with Crippen LogP contribution in [-0.2, 0) is 10.3 Å². The molecule has 1 saturated carbocycles. The van der Waals surface area contributed by atoms with Gasteiger partial charge in [-0.3, -0.25) is 4.79 Å². The van der Waals surface area contributed by atoms with Crippen LogP contribution in [0, 0.1) is 0 Å². The molecular formula is C15H15BrN6O3. The number of nitrogens with zero attached hydrogens (tertiary/aromatic N) is 3. The number of nitrogens with one attached hydrogen (secondary N) is 3. The first-order valence-electron chi connectivity index (χ1n) is 7.72. The minimum absolute atomic E-state index is 0.0461. The summed E-state index contributed by atoms with van der Waals surface area (Å²) in [5.41, 5.74) is 0.717. The molecule has 4 rings (SSSR count). The molecule has 1 aliphatic carbocycles. The molecule has 2 aromatic rings. The van der Waals surface area contributed by atoms with Crippen molar-refractivity contribution < 1.29 is 14.3 Å². The fourth-order valence-electron chi connectivity index (χ4n) is 2.74. The van der Waals surface area contributed by atoms with Crippen LogP contribution in [0.3, 0.4) is 0 Å². The van der Waals surface area contributed by atoms with Gasteiger partial charge in [-0.05, 0) is 25.0 Å². The summed E-state index contributed by atoms with van der Waals surface area (Å²) in [5.74, 6) is 0.243. The highest BCUT2D eigenvalue weighted by atomic mass is 79.9. The number of ether oxygens (including phenoxy) is 1. The van der Waals surface area contributed by atoms with Crippen molar-refractivity contribution >= 4 is 39.2 Å². The Kier molecular flexibility index (Phi) is 3.83. The van der Waals surface area contributed by atoms with Crippen LogP contribution in [0.15, 0.2) is 29.3 Å². The van der Waals surface area contributed by atoms with Crippen LogP contribution in [0.4, 0.5) is 16.2 Å². The fourth-order valence-corrected chi connectivity index (χ4v) is 3.17. The number of amides is 3. The maximum Gasteiger partial charge on any atom is 0.319 e. The molecule has 130 valence electrons. The third-order valence-corrected chi connectivity index (χ3v) is 4.71. The molecule has 0 spiro atoms. The van der Waals surface area contributed by atoms with E-state index in [0.717, 1.165) is 17.3 Å². The van der Waals surface area contributed by atoms with Crippen LogP contribution in [0.5, 0.6) is 5.75 Å². The van der Waals surface area contributed by atoms with E-state index < -0.39 is 0 Å². The minimum atomic E-state index is -0.369. The number of hydrogen-bond donors (Lipinski definition) is 3. The Balaban J connectivity index is 1.45. The molecule has 2 heterocycles. The van der Waals surface area contributed by atoms with Crippen molar-refractivity contribution in [2.24, 2.45) is 0 Å². The molecule has 0 saturated heterocycles. The molecule has 25 heavy (non-hydrogen) atoms. The summed E-state index contributed by atoms with van der Waals surface area (Å²) in [6.07, 6.45) is 5.01. The topological polar surface area (TPSA) is 110 Å². The molecule has 10 heteroatoms. The lowest BCUT2D eigenvalue weighted by Gasteiger charge is -2.22. The summed E-state index contributed by atoms with van der Waals surface area (Å²) in [4.78, 5) is 27.8. The molecule has 2 aliphatic rings. The van der Waals surface area contributed by atoms with Crippen LogP contribution in [0.1, 0.15) is 12.8 Å². The number of fused-ring (bicyclic) bond motifs is 1. The van der Waals surface area contributed by atoms with Crippen molar-refractivity contribution in [2.45, 2.75) is 18.4 Å². The molecule has 1 aromatic carbocycles. The SMILES string of the molecule is O=C1COc2cc(Br)cc(NC(=O)NCC3(n4cncn4)CC3)c2N1. The third kappa shape index (κ3) is 3.16. The second-order valence-corrected chi connectivity index (χ2v) is 6.95. The van der Waals surface area contributed by atoms with Gasteiger partial charge in [0.05, 0.1) is 11.2 Å². The lowest BCUT2D eigenvalue weighted by Crippen LogP contribution is -2.38. The monoisotopic (exact) mass is 406 g/mol. The highest BCUT2D eigenvalue weighted by Gasteiger charge is 2.45. The first kappa shape index (κ1) is 15.9. The molecule has 0 radical (unpaired) electrons. The number of hydrogen-bond acceptors (Lipinski definition) is 5. The molecular weight excluding hydrogens is 392 g/mol. The average Bonchev–Trinajstić information content (AvgIpc) is 3.16. The molecule has 0 bridgehead atoms. The molecule has 0 atom stereocenters. The van der Waals surface area contributed by atoms with E-state index in [1.165, 1.54) is 6.33 Å². The number of aromatic nitrogens is 3. The van der Waals surface area contributed by atoms with Crippen molar-refractivity contribution in [1.82, 2.24) is 20.1 Å². The minimum Gasteiger partial charge on any atom is -0.481 e. The van der Waals surface area contributed by atoms with Gasteiger partial charge >= 0.3 is 6.03 Å². The van der Waals surface area contributed by atoms with Crippen LogP contribution in [0.25, 0.3) is 0 Å². The van der Waals surface area contributed by atoms with E-state index in [1.54, 1.807) is 23.1 Å². The van der Waals surface area contributed by atoms with Crippen molar-refractivity contribution in [3.8, 4) is 5.75 Å². The standard InChI is InChI=1S/C15H15BrN6O3/c16-9-3-10(13-11(4-9)25-5-12(23)21-13)20-14(24)18-6-15(1-2-15)22-8-17-7-19-22/h3-4,7-8H,1-2,5-6H2,(H,21,23)(H2,18,20,24). The molecule has 1 fully saturated rings. The van der Waals surface area contributed by atoms with Gasteiger partial charge in [0.2, 0.25) is 0 Å². The van der Waals surface area contributed by atoms with Gasteiger partial charge in [0.1, 0.15) is 24.1 Å². The van der Waals surface area contributed by atoms with Crippen molar-refractivity contribution in [3.63, 3.8) is 0 Å². The summed E-state index contributed by atoms with van der Waals surface area (Å²) >= 11 is 3.37. The number of carbonyl (C=O) groups is 2. The maximum atomic E-state index is 12.3. The van der Waals surface area contributed by atoms with Crippen LogP contribution in [-0.4, -0.2) is 39.9 Å². The normalized spacial score (nSPS) is 17.1. The number of halogens is 1. The van der Waals surface area contributed by atoms with Gasteiger partial charge in [0.25, 0.3) is 5.91 Å². The number of anilines is 2. The van der Waals surface area contributed by atoms with Crippen molar-refractivity contribution in [3.05, 3.63) is 29.3 Å².